The fourth-order valence-corrected chi connectivity index (χ4v) is 3.40. The fourth-order valence-electron chi connectivity index (χ4n) is 3.40. The van der Waals surface area contributed by atoms with Gasteiger partial charge in [-0.25, -0.2) is 9.37 Å². The lowest BCUT2D eigenvalue weighted by Crippen LogP contribution is -2.40. The first-order valence-electron chi connectivity index (χ1n) is 8.89. The first kappa shape index (κ1) is 20.1. The molecular formula is C20H22ClFN4O2. The van der Waals surface area contributed by atoms with E-state index in [0.717, 1.165) is 22.2 Å². The Kier molecular flexibility index (Phi) is 5.86. The number of anilines is 2. The molecule has 6 nitrogen and oxygen atoms in total. The Bertz CT molecular complexity index is 1010. The first-order chi connectivity index (χ1) is 13.0. The molecule has 8 heteroatoms. The zero-order valence-corrected chi connectivity index (χ0v) is 16.6. The molecule has 0 bridgehead atoms. The van der Waals surface area contributed by atoms with E-state index < -0.39 is 0 Å². The quantitative estimate of drug-likeness (QED) is 0.723. The highest BCUT2D eigenvalue weighted by Gasteiger charge is 2.23. The van der Waals surface area contributed by atoms with Crippen LogP contribution in [-0.4, -0.2) is 46.7 Å². The van der Waals surface area contributed by atoms with Crippen LogP contribution in [0.2, 0.25) is 0 Å². The molecule has 1 fully saturated rings. The summed E-state index contributed by atoms with van der Waals surface area (Å²) in [6.45, 7) is 4.11. The molecule has 0 atom stereocenters. The van der Waals surface area contributed by atoms with Gasteiger partial charge in [-0.2, -0.15) is 0 Å². The number of rotatable bonds is 3. The molecule has 0 aliphatic carbocycles. The van der Waals surface area contributed by atoms with Crippen LogP contribution in [0.3, 0.4) is 0 Å². The Morgan fingerprint density at radius 3 is 2.71 bits per heavy atom. The van der Waals surface area contributed by atoms with Crippen molar-refractivity contribution < 1.29 is 13.9 Å². The molecule has 2 aromatic heterocycles. The van der Waals surface area contributed by atoms with Gasteiger partial charge in [-0.05, 0) is 36.8 Å². The van der Waals surface area contributed by atoms with Crippen LogP contribution in [0.4, 0.5) is 15.9 Å². The summed E-state index contributed by atoms with van der Waals surface area (Å²) in [4.78, 5) is 19.3. The minimum Gasteiger partial charge on any atom is -0.378 e. The van der Waals surface area contributed by atoms with Crippen LogP contribution in [0.5, 0.6) is 0 Å². The van der Waals surface area contributed by atoms with Crippen LogP contribution in [0.25, 0.3) is 10.9 Å². The molecule has 3 heterocycles. The molecule has 0 spiro atoms. The zero-order valence-electron chi connectivity index (χ0n) is 15.7. The maximum atomic E-state index is 13.4. The van der Waals surface area contributed by atoms with Crippen molar-refractivity contribution in [2.24, 2.45) is 7.05 Å². The molecule has 1 saturated heterocycles. The SMILES string of the molecule is Cc1cc(F)ccc1Nc1ncc(C(=O)N2CCOCC2)c2c1ccn2C.Cl. The number of morpholine rings is 1. The largest absolute Gasteiger partial charge is 0.378 e. The number of ether oxygens (including phenoxy) is 1. The molecule has 4 rings (SSSR count). The molecule has 1 amide bonds. The van der Waals surface area contributed by atoms with Gasteiger partial charge < -0.3 is 19.5 Å². The van der Waals surface area contributed by atoms with E-state index in [9.17, 15) is 9.18 Å². The van der Waals surface area contributed by atoms with Gasteiger partial charge in [0, 0.05) is 43.6 Å². The molecule has 1 aliphatic rings. The van der Waals surface area contributed by atoms with Crippen LogP contribution in [0.15, 0.2) is 36.7 Å². The van der Waals surface area contributed by atoms with E-state index >= 15 is 0 Å². The Morgan fingerprint density at radius 1 is 1.25 bits per heavy atom. The van der Waals surface area contributed by atoms with Gasteiger partial charge in [0.05, 0.1) is 24.3 Å². The molecule has 1 aromatic carbocycles. The van der Waals surface area contributed by atoms with Gasteiger partial charge >= 0.3 is 0 Å². The van der Waals surface area contributed by atoms with Gasteiger partial charge in [0.25, 0.3) is 5.91 Å². The third-order valence-electron chi connectivity index (χ3n) is 4.88. The minimum atomic E-state index is -0.276. The Balaban J connectivity index is 0.00000225. The summed E-state index contributed by atoms with van der Waals surface area (Å²) in [7, 11) is 1.91. The molecule has 0 unspecified atom stereocenters. The Hall–Kier alpha value is -2.64. The third-order valence-corrected chi connectivity index (χ3v) is 4.88. The number of fused-ring (bicyclic) bond motifs is 1. The predicted molar refractivity (Wildman–Crippen MR) is 109 cm³/mol. The summed E-state index contributed by atoms with van der Waals surface area (Å²) in [5.74, 6) is 0.322. The van der Waals surface area contributed by atoms with Crippen LogP contribution in [0, 0.1) is 12.7 Å². The van der Waals surface area contributed by atoms with Gasteiger partial charge in [0.15, 0.2) is 0 Å². The third kappa shape index (κ3) is 3.68. The van der Waals surface area contributed by atoms with E-state index in [1.165, 1.54) is 12.1 Å². The summed E-state index contributed by atoms with van der Waals surface area (Å²) in [5.41, 5.74) is 2.96. The van der Waals surface area contributed by atoms with Crippen molar-refractivity contribution in [3.05, 3.63) is 53.6 Å². The summed E-state index contributed by atoms with van der Waals surface area (Å²) in [6.07, 6.45) is 3.52. The minimum absolute atomic E-state index is 0. The van der Waals surface area contributed by atoms with Crippen molar-refractivity contribution in [3.8, 4) is 0 Å². The van der Waals surface area contributed by atoms with E-state index in [1.807, 2.05) is 30.8 Å². The maximum absolute atomic E-state index is 13.4. The van der Waals surface area contributed by atoms with E-state index in [1.54, 1.807) is 17.2 Å². The highest BCUT2D eigenvalue weighted by atomic mass is 35.5. The van der Waals surface area contributed by atoms with Crippen molar-refractivity contribution in [2.75, 3.05) is 31.6 Å². The van der Waals surface area contributed by atoms with E-state index in [0.29, 0.717) is 37.7 Å². The Labute approximate surface area is 168 Å². The monoisotopic (exact) mass is 404 g/mol. The number of hydrogen-bond acceptors (Lipinski definition) is 4. The number of hydrogen-bond donors (Lipinski definition) is 1. The summed E-state index contributed by atoms with van der Waals surface area (Å²) >= 11 is 0. The molecule has 3 aromatic rings. The number of nitrogens with zero attached hydrogens (tertiary/aromatic N) is 3. The number of carbonyl (C=O) groups excluding carboxylic acids is 1. The summed E-state index contributed by atoms with van der Waals surface area (Å²) in [6, 6.07) is 6.50. The summed E-state index contributed by atoms with van der Waals surface area (Å²) < 4.78 is 20.6. The van der Waals surface area contributed by atoms with Crippen molar-refractivity contribution in [3.63, 3.8) is 0 Å². The number of benzene rings is 1. The topological polar surface area (TPSA) is 59.4 Å². The van der Waals surface area contributed by atoms with Gasteiger partial charge in [-0.15, -0.1) is 12.4 Å². The van der Waals surface area contributed by atoms with Gasteiger partial charge in [0.2, 0.25) is 0 Å². The second kappa shape index (κ2) is 8.16. The van der Waals surface area contributed by atoms with Crippen molar-refractivity contribution >= 4 is 40.7 Å². The normalized spacial score (nSPS) is 14.0. The highest BCUT2D eigenvalue weighted by Crippen LogP contribution is 2.29. The van der Waals surface area contributed by atoms with Crippen LogP contribution in [-0.2, 0) is 11.8 Å². The lowest BCUT2D eigenvalue weighted by atomic mass is 10.1. The number of aromatic nitrogens is 2. The number of amides is 1. The second-order valence-electron chi connectivity index (χ2n) is 6.70. The van der Waals surface area contributed by atoms with E-state index in [4.69, 9.17) is 4.74 Å². The first-order valence-corrected chi connectivity index (χ1v) is 8.89. The van der Waals surface area contributed by atoms with Crippen LogP contribution < -0.4 is 5.32 Å². The van der Waals surface area contributed by atoms with Crippen molar-refractivity contribution in [2.45, 2.75) is 6.92 Å². The van der Waals surface area contributed by atoms with E-state index in [2.05, 4.69) is 10.3 Å². The molecule has 148 valence electrons. The number of halogens is 2. The average Bonchev–Trinajstić information content (AvgIpc) is 3.07. The molecule has 28 heavy (non-hydrogen) atoms. The Morgan fingerprint density at radius 2 is 2.00 bits per heavy atom. The number of pyridine rings is 1. The summed E-state index contributed by atoms with van der Waals surface area (Å²) in [5, 5.41) is 4.11. The van der Waals surface area contributed by atoms with Crippen LogP contribution in [0.1, 0.15) is 15.9 Å². The molecule has 0 saturated carbocycles. The molecule has 1 aliphatic heterocycles. The number of aryl methyl sites for hydroxylation is 2. The standard InChI is InChI=1S/C20H21FN4O2.ClH/c1-13-11-14(21)3-4-17(13)23-19-15-5-6-24(2)18(15)16(12-22-19)20(26)25-7-9-27-10-8-25;/h3-6,11-12H,7-10H2,1-2H3,(H,22,23);1H. The fraction of sp³-hybridized carbons (Fsp3) is 0.300. The van der Waals surface area contributed by atoms with Gasteiger partial charge in [-0.1, -0.05) is 0 Å². The predicted octanol–water partition coefficient (Wildman–Crippen LogP) is 3.66. The molecule has 0 radical (unpaired) electrons. The van der Waals surface area contributed by atoms with E-state index in [-0.39, 0.29) is 24.1 Å². The highest BCUT2D eigenvalue weighted by molar-refractivity contribution is 6.08. The maximum Gasteiger partial charge on any atom is 0.257 e. The van der Waals surface area contributed by atoms with Crippen molar-refractivity contribution in [1.29, 1.82) is 0 Å². The molecule has 1 N–H and O–H groups in total. The number of nitrogens with one attached hydrogen (secondary N) is 1. The number of carbonyl (C=O) groups is 1. The lowest BCUT2D eigenvalue weighted by molar-refractivity contribution is 0.0303. The second-order valence-corrected chi connectivity index (χ2v) is 6.70. The smallest absolute Gasteiger partial charge is 0.257 e. The van der Waals surface area contributed by atoms with Gasteiger partial charge in [-0.3, -0.25) is 4.79 Å². The average molecular weight is 405 g/mol. The van der Waals surface area contributed by atoms with Gasteiger partial charge in [0.1, 0.15) is 11.6 Å². The molecular weight excluding hydrogens is 383 g/mol. The zero-order chi connectivity index (χ0) is 19.0. The van der Waals surface area contributed by atoms with Crippen molar-refractivity contribution in [1.82, 2.24) is 14.5 Å². The van der Waals surface area contributed by atoms with Crippen LogP contribution >= 0.6 is 12.4 Å². The lowest BCUT2D eigenvalue weighted by Gasteiger charge is -2.27.